The highest BCUT2D eigenvalue weighted by molar-refractivity contribution is 6.05. The van der Waals surface area contributed by atoms with Crippen LogP contribution in [-0.4, -0.2) is 46.7 Å². The first-order valence-electron chi connectivity index (χ1n) is 6.45. The van der Waals surface area contributed by atoms with E-state index in [0.717, 1.165) is 16.6 Å². The molecule has 2 heterocycles. The summed E-state index contributed by atoms with van der Waals surface area (Å²) in [6.07, 6.45) is 1.75. The second kappa shape index (κ2) is 4.66. The van der Waals surface area contributed by atoms with E-state index in [1.165, 1.54) is 0 Å². The summed E-state index contributed by atoms with van der Waals surface area (Å²) >= 11 is 0. The summed E-state index contributed by atoms with van der Waals surface area (Å²) in [6.45, 7) is 4.54. The van der Waals surface area contributed by atoms with Crippen LogP contribution in [0.3, 0.4) is 0 Å². The van der Waals surface area contributed by atoms with Gasteiger partial charge in [0.2, 0.25) is 0 Å². The van der Waals surface area contributed by atoms with E-state index < -0.39 is 0 Å². The average Bonchev–Trinajstić information content (AvgIpc) is 2.80. The first-order valence-corrected chi connectivity index (χ1v) is 6.45. The Hall–Kier alpha value is -1.88. The van der Waals surface area contributed by atoms with Crippen molar-refractivity contribution in [2.24, 2.45) is 7.05 Å². The number of carbonyl (C=O) groups is 1. The summed E-state index contributed by atoms with van der Waals surface area (Å²) in [7, 11) is 1.94. The van der Waals surface area contributed by atoms with Crippen molar-refractivity contribution in [2.75, 3.05) is 26.3 Å². The van der Waals surface area contributed by atoms with Gasteiger partial charge >= 0.3 is 0 Å². The van der Waals surface area contributed by atoms with Gasteiger partial charge in [0.15, 0.2) is 0 Å². The first kappa shape index (κ1) is 12.2. The Kier molecular flexibility index (Phi) is 2.98. The van der Waals surface area contributed by atoms with E-state index in [0.29, 0.717) is 31.9 Å². The molecule has 0 spiro atoms. The van der Waals surface area contributed by atoms with Gasteiger partial charge in [0, 0.05) is 20.1 Å². The number of nitrogens with zero attached hydrogens (tertiary/aromatic N) is 3. The van der Waals surface area contributed by atoms with Crippen LogP contribution < -0.4 is 0 Å². The number of imidazole rings is 1. The number of carbonyl (C=O) groups excluding carboxylic acids is 1. The molecule has 2 aromatic rings. The Morgan fingerprint density at radius 1 is 1.32 bits per heavy atom. The number of fused-ring (bicyclic) bond motifs is 1. The van der Waals surface area contributed by atoms with E-state index in [4.69, 9.17) is 4.74 Å². The number of rotatable bonds is 1. The fourth-order valence-electron chi connectivity index (χ4n) is 2.47. The molecule has 1 amide bonds. The van der Waals surface area contributed by atoms with Gasteiger partial charge in [-0.05, 0) is 24.6 Å². The summed E-state index contributed by atoms with van der Waals surface area (Å²) in [6, 6.07) is 3.98. The van der Waals surface area contributed by atoms with Crippen molar-refractivity contribution in [3.05, 3.63) is 29.6 Å². The lowest BCUT2D eigenvalue weighted by molar-refractivity contribution is 0.0304. The minimum atomic E-state index is 0.0516. The summed E-state index contributed by atoms with van der Waals surface area (Å²) in [5.41, 5.74) is 3.55. The van der Waals surface area contributed by atoms with Gasteiger partial charge in [0.1, 0.15) is 5.52 Å². The van der Waals surface area contributed by atoms with E-state index in [9.17, 15) is 4.79 Å². The Morgan fingerprint density at radius 2 is 2.05 bits per heavy atom. The molecule has 3 rings (SSSR count). The molecule has 0 aliphatic carbocycles. The number of amides is 1. The normalized spacial score (nSPS) is 16.0. The molecule has 1 saturated heterocycles. The monoisotopic (exact) mass is 259 g/mol. The number of morpholine rings is 1. The second-order valence-electron chi connectivity index (χ2n) is 4.94. The molecule has 5 heteroatoms. The molecule has 0 N–H and O–H groups in total. The van der Waals surface area contributed by atoms with E-state index in [1.54, 1.807) is 6.33 Å². The number of ether oxygens (including phenoxy) is 1. The van der Waals surface area contributed by atoms with Gasteiger partial charge in [-0.25, -0.2) is 4.98 Å². The molecule has 0 bridgehead atoms. The third-order valence-electron chi connectivity index (χ3n) is 3.50. The third kappa shape index (κ3) is 2.10. The Morgan fingerprint density at radius 3 is 2.79 bits per heavy atom. The minimum Gasteiger partial charge on any atom is -0.378 e. The Labute approximate surface area is 111 Å². The summed E-state index contributed by atoms with van der Waals surface area (Å²) in [5, 5.41) is 0. The summed E-state index contributed by atoms with van der Waals surface area (Å²) < 4.78 is 7.23. The van der Waals surface area contributed by atoms with Crippen LogP contribution in [0.15, 0.2) is 18.5 Å². The van der Waals surface area contributed by atoms with Crippen LogP contribution in [0.4, 0.5) is 0 Å². The molecule has 1 fully saturated rings. The van der Waals surface area contributed by atoms with Gasteiger partial charge in [0.05, 0.1) is 30.6 Å². The van der Waals surface area contributed by atoms with Gasteiger partial charge < -0.3 is 14.2 Å². The van der Waals surface area contributed by atoms with Crippen molar-refractivity contribution in [2.45, 2.75) is 6.92 Å². The van der Waals surface area contributed by atoms with Gasteiger partial charge in [-0.1, -0.05) is 0 Å². The van der Waals surface area contributed by atoms with Crippen LogP contribution >= 0.6 is 0 Å². The Balaban J connectivity index is 2.06. The lowest BCUT2D eigenvalue weighted by Crippen LogP contribution is -2.40. The molecule has 1 aromatic heterocycles. The minimum absolute atomic E-state index is 0.0516. The number of hydrogen-bond acceptors (Lipinski definition) is 3. The maximum absolute atomic E-state index is 12.6. The molecule has 1 aliphatic heterocycles. The van der Waals surface area contributed by atoms with Crippen LogP contribution in [0.1, 0.15) is 15.9 Å². The van der Waals surface area contributed by atoms with Gasteiger partial charge in [-0.2, -0.15) is 0 Å². The van der Waals surface area contributed by atoms with Crippen molar-refractivity contribution in [1.82, 2.24) is 14.5 Å². The van der Waals surface area contributed by atoms with Crippen molar-refractivity contribution in [3.8, 4) is 0 Å². The molecule has 0 unspecified atom stereocenters. The molecule has 0 saturated carbocycles. The Bertz CT molecular complexity index is 627. The molecule has 100 valence electrons. The number of aromatic nitrogens is 2. The standard InChI is InChI=1S/C14H17N3O2/c1-10-7-11(13-12(8-10)16(2)9-15-13)14(18)17-3-5-19-6-4-17/h7-9H,3-6H2,1-2H3. The lowest BCUT2D eigenvalue weighted by atomic mass is 10.1. The zero-order valence-electron chi connectivity index (χ0n) is 11.2. The quantitative estimate of drug-likeness (QED) is 0.776. The van der Waals surface area contributed by atoms with Crippen LogP contribution in [0.5, 0.6) is 0 Å². The second-order valence-corrected chi connectivity index (χ2v) is 4.94. The predicted molar refractivity (Wildman–Crippen MR) is 72.2 cm³/mol. The maximum atomic E-state index is 12.6. The summed E-state index contributed by atoms with van der Waals surface area (Å²) in [5.74, 6) is 0.0516. The van der Waals surface area contributed by atoms with Crippen LogP contribution in [0.25, 0.3) is 11.0 Å². The van der Waals surface area contributed by atoms with E-state index in [2.05, 4.69) is 11.1 Å². The van der Waals surface area contributed by atoms with E-state index >= 15 is 0 Å². The van der Waals surface area contributed by atoms with Crippen LogP contribution in [-0.2, 0) is 11.8 Å². The molecule has 0 radical (unpaired) electrons. The highest BCUT2D eigenvalue weighted by Crippen LogP contribution is 2.21. The fourth-order valence-corrected chi connectivity index (χ4v) is 2.47. The third-order valence-corrected chi connectivity index (χ3v) is 3.50. The smallest absolute Gasteiger partial charge is 0.256 e. The van der Waals surface area contributed by atoms with Crippen molar-refractivity contribution < 1.29 is 9.53 Å². The molecule has 1 aliphatic rings. The topological polar surface area (TPSA) is 47.4 Å². The number of benzene rings is 1. The van der Waals surface area contributed by atoms with Gasteiger partial charge in [-0.15, -0.1) is 0 Å². The number of aryl methyl sites for hydroxylation is 2. The molecular formula is C14H17N3O2. The van der Waals surface area contributed by atoms with E-state index in [-0.39, 0.29) is 5.91 Å². The first-order chi connectivity index (χ1) is 9.16. The van der Waals surface area contributed by atoms with Crippen LogP contribution in [0.2, 0.25) is 0 Å². The number of hydrogen-bond donors (Lipinski definition) is 0. The molecule has 5 nitrogen and oxygen atoms in total. The average molecular weight is 259 g/mol. The van der Waals surface area contributed by atoms with Crippen LogP contribution in [0, 0.1) is 6.92 Å². The van der Waals surface area contributed by atoms with Crippen molar-refractivity contribution >= 4 is 16.9 Å². The molecular weight excluding hydrogens is 242 g/mol. The van der Waals surface area contributed by atoms with Crippen molar-refractivity contribution in [3.63, 3.8) is 0 Å². The lowest BCUT2D eigenvalue weighted by Gasteiger charge is -2.27. The highest BCUT2D eigenvalue weighted by atomic mass is 16.5. The molecule has 0 atom stereocenters. The fraction of sp³-hybridized carbons (Fsp3) is 0.429. The zero-order chi connectivity index (χ0) is 13.4. The molecule has 1 aromatic carbocycles. The predicted octanol–water partition coefficient (Wildman–Crippen LogP) is 1.35. The van der Waals surface area contributed by atoms with Gasteiger partial charge in [-0.3, -0.25) is 4.79 Å². The zero-order valence-corrected chi connectivity index (χ0v) is 11.2. The molecule has 19 heavy (non-hydrogen) atoms. The highest BCUT2D eigenvalue weighted by Gasteiger charge is 2.22. The summed E-state index contributed by atoms with van der Waals surface area (Å²) in [4.78, 5) is 18.8. The van der Waals surface area contributed by atoms with Crippen molar-refractivity contribution in [1.29, 1.82) is 0 Å². The van der Waals surface area contributed by atoms with E-state index in [1.807, 2.05) is 29.5 Å². The largest absolute Gasteiger partial charge is 0.378 e. The SMILES string of the molecule is Cc1cc(C(=O)N2CCOCC2)c2ncn(C)c2c1. The maximum Gasteiger partial charge on any atom is 0.256 e. The van der Waals surface area contributed by atoms with Gasteiger partial charge in [0.25, 0.3) is 5.91 Å².